The van der Waals surface area contributed by atoms with E-state index in [1.165, 1.54) is 6.07 Å². The molecule has 10 heteroatoms. The second kappa shape index (κ2) is 8.20. The summed E-state index contributed by atoms with van der Waals surface area (Å²) in [6.07, 6.45) is 0.859. The summed E-state index contributed by atoms with van der Waals surface area (Å²) in [7, 11) is -3.90. The van der Waals surface area contributed by atoms with Crippen LogP contribution in [0.4, 0.5) is 14.5 Å². The van der Waals surface area contributed by atoms with Gasteiger partial charge in [0.1, 0.15) is 6.54 Å². The molecule has 0 aromatic heterocycles. The standard InChI is InChI=1S/C16H14Cl2F2N2O3S/c1-26(24,25)22(12-4-5-14(19)15(20)7-12)9-16(23)21-8-10-2-3-11(17)6-13(10)18/h2-7H,8-9H2,1H3,(H,21,23). The van der Waals surface area contributed by atoms with Crippen molar-refractivity contribution >= 4 is 44.8 Å². The maximum absolute atomic E-state index is 13.4. The molecule has 1 amide bonds. The van der Waals surface area contributed by atoms with E-state index >= 15 is 0 Å². The number of halogens is 4. The van der Waals surface area contributed by atoms with Crippen molar-refractivity contribution in [2.45, 2.75) is 6.54 Å². The Morgan fingerprint density at radius 1 is 1.12 bits per heavy atom. The van der Waals surface area contributed by atoms with Crippen LogP contribution in [0.5, 0.6) is 0 Å². The Balaban J connectivity index is 2.13. The fourth-order valence-electron chi connectivity index (χ4n) is 2.09. The van der Waals surface area contributed by atoms with E-state index < -0.39 is 34.1 Å². The molecule has 5 nitrogen and oxygen atoms in total. The number of hydrogen-bond acceptors (Lipinski definition) is 3. The molecule has 1 N–H and O–H groups in total. The SMILES string of the molecule is CS(=O)(=O)N(CC(=O)NCc1ccc(Cl)cc1Cl)c1ccc(F)c(F)c1. The normalized spacial score (nSPS) is 11.3. The summed E-state index contributed by atoms with van der Waals surface area (Å²) in [6, 6.07) is 7.29. The van der Waals surface area contributed by atoms with Gasteiger partial charge in [-0.05, 0) is 29.8 Å². The zero-order chi connectivity index (χ0) is 19.5. The molecule has 2 aromatic carbocycles. The van der Waals surface area contributed by atoms with Crippen molar-refractivity contribution in [1.82, 2.24) is 5.32 Å². The molecule has 0 spiro atoms. The fraction of sp³-hybridized carbons (Fsp3) is 0.188. The minimum atomic E-state index is -3.90. The number of hydrogen-bond donors (Lipinski definition) is 1. The van der Waals surface area contributed by atoms with Gasteiger partial charge in [-0.25, -0.2) is 17.2 Å². The summed E-state index contributed by atoms with van der Waals surface area (Å²) < 4.78 is 51.0. The Morgan fingerprint density at radius 3 is 2.38 bits per heavy atom. The van der Waals surface area contributed by atoms with E-state index in [-0.39, 0.29) is 12.2 Å². The Kier molecular flexibility index (Phi) is 6.44. The lowest BCUT2D eigenvalue weighted by Crippen LogP contribution is -2.40. The molecular weight excluding hydrogens is 409 g/mol. The minimum Gasteiger partial charge on any atom is -0.350 e. The van der Waals surface area contributed by atoms with E-state index in [9.17, 15) is 22.0 Å². The molecule has 0 aliphatic rings. The Hall–Kier alpha value is -1.90. The summed E-state index contributed by atoms with van der Waals surface area (Å²) in [5.74, 6) is -2.99. The molecule has 2 aromatic rings. The van der Waals surface area contributed by atoms with Crippen molar-refractivity contribution in [2.24, 2.45) is 0 Å². The highest BCUT2D eigenvalue weighted by Crippen LogP contribution is 2.22. The van der Waals surface area contributed by atoms with Crippen LogP contribution in [0, 0.1) is 11.6 Å². The van der Waals surface area contributed by atoms with Crippen LogP contribution < -0.4 is 9.62 Å². The number of rotatable bonds is 6. The highest BCUT2D eigenvalue weighted by atomic mass is 35.5. The number of benzene rings is 2. The van der Waals surface area contributed by atoms with Crippen LogP contribution in [0.3, 0.4) is 0 Å². The van der Waals surface area contributed by atoms with E-state index in [1.54, 1.807) is 12.1 Å². The van der Waals surface area contributed by atoms with E-state index in [2.05, 4.69) is 5.32 Å². The number of nitrogens with zero attached hydrogens (tertiary/aromatic N) is 1. The van der Waals surface area contributed by atoms with Crippen molar-refractivity contribution < 1.29 is 22.0 Å². The van der Waals surface area contributed by atoms with Crippen LogP contribution in [0.25, 0.3) is 0 Å². The van der Waals surface area contributed by atoms with Crippen LogP contribution in [-0.4, -0.2) is 27.1 Å². The van der Waals surface area contributed by atoms with Gasteiger partial charge in [0.15, 0.2) is 11.6 Å². The van der Waals surface area contributed by atoms with Gasteiger partial charge in [0.05, 0.1) is 11.9 Å². The molecule has 0 fully saturated rings. The van der Waals surface area contributed by atoms with Gasteiger partial charge in [-0.15, -0.1) is 0 Å². The number of amides is 1. The smallest absolute Gasteiger partial charge is 0.241 e. The van der Waals surface area contributed by atoms with Crippen LogP contribution >= 0.6 is 23.2 Å². The van der Waals surface area contributed by atoms with Gasteiger partial charge in [-0.2, -0.15) is 0 Å². The Bertz CT molecular complexity index is 939. The molecular formula is C16H14Cl2F2N2O3S. The molecule has 0 aliphatic carbocycles. The molecule has 0 heterocycles. The second-order valence-electron chi connectivity index (χ2n) is 5.38. The lowest BCUT2D eigenvalue weighted by Gasteiger charge is -2.22. The first kappa shape index (κ1) is 20.4. The maximum Gasteiger partial charge on any atom is 0.241 e. The van der Waals surface area contributed by atoms with Crippen molar-refractivity contribution in [3.8, 4) is 0 Å². The Labute approximate surface area is 159 Å². The second-order valence-corrected chi connectivity index (χ2v) is 8.13. The zero-order valence-corrected chi connectivity index (χ0v) is 15.8. The van der Waals surface area contributed by atoms with Gasteiger partial charge in [0.25, 0.3) is 0 Å². The molecule has 0 bridgehead atoms. The first-order chi connectivity index (χ1) is 12.1. The van der Waals surface area contributed by atoms with Crippen molar-refractivity contribution in [3.63, 3.8) is 0 Å². The minimum absolute atomic E-state index is 0.0458. The molecule has 0 atom stereocenters. The average molecular weight is 423 g/mol. The first-order valence-electron chi connectivity index (χ1n) is 7.21. The van der Waals surface area contributed by atoms with Gasteiger partial charge in [0.2, 0.25) is 15.9 Å². The van der Waals surface area contributed by atoms with Crippen LogP contribution in [0.15, 0.2) is 36.4 Å². The predicted molar refractivity (Wildman–Crippen MR) is 96.9 cm³/mol. The van der Waals surface area contributed by atoms with Gasteiger partial charge in [-0.1, -0.05) is 29.3 Å². The van der Waals surface area contributed by atoms with E-state index in [1.807, 2.05) is 0 Å². The van der Waals surface area contributed by atoms with Gasteiger partial charge >= 0.3 is 0 Å². The van der Waals surface area contributed by atoms with Gasteiger partial charge in [-0.3, -0.25) is 9.10 Å². The van der Waals surface area contributed by atoms with Gasteiger partial charge in [0, 0.05) is 22.7 Å². The highest BCUT2D eigenvalue weighted by Gasteiger charge is 2.22. The van der Waals surface area contributed by atoms with E-state index in [4.69, 9.17) is 23.2 Å². The number of nitrogens with one attached hydrogen (secondary N) is 1. The van der Waals surface area contributed by atoms with Crippen molar-refractivity contribution in [2.75, 3.05) is 17.1 Å². The van der Waals surface area contributed by atoms with Crippen molar-refractivity contribution in [1.29, 1.82) is 0 Å². The molecule has 0 aliphatic heterocycles. The largest absolute Gasteiger partial charge is 0.350 e. The molecule has 0 radical (unpaired) electrons. The number of sulfonamides is 1. The summed E-state index contributed by atoms with van der Waals surface area (Å²) in [4.78, 5) is 12.1. The lowest BCUT2D eigenvalue weighted by atomic mass is 10.2. The first-order valence-corrected chi connectivity index (χ1v) is 9.82. The average Bonchev–Trinajstić information content (AvgIpc) is 2.53. The van der Waals surface area contributed by atoms with Crippen molar-refractivity contribution in [3.05, 3.63) is 63.6 Å². The molecule has 0 saturated heterocycles. The summed E-state index contributed by atoms with van der Waals surface area (Å²) >= 11 is 11.8. The quantitative estimate of drug-likeness (QED) is 0.775. The highest BCUT2D eigenvalue weighted by molar-refractivity contribution is 7.92. The predicted octanol–water partition coefficient (Wildman–Crippen LogP) is 3.35. The fourth-order valence-corrected chi connectivity index (χ4v) is 3.41. The summed E-state index contributed by atoms with van der Waals surface area (Å²) in [5, 5.41) is 3.30. The number of carbonyl (C=O) groups excluding carboxylic acids is 1. The van der Waals surface area contributed by atoms with E-state index in [0.717, 1.165) is 18.4 Å². The number of anilines is 1. The monoisotopic (exact) mass is 422 g/mol. The Morgan fingerprint density at radius 2 is 1.81 bits per heavy atom. The molecule has 26 heavy (non-hydrogen) atoms. The molecule has 140 valence electrons. The maximum atomic E-state index is 13.4. The van der Waals surface area contributed by atoms with E-state index in [0.29, 0.717) is 26.0 Å². The molecule has 2 rings (SSSR count). The van der Waals surface area contributed by atoms with Crippen LogP contribution in [0.1, 0.15) is 5.56 Å². The third kappa shape index (κ3) is 5.30. The number of carbonyl (C=O) groups is 1. The van der Waals surface area contributed by atoms with Gasteiger partial charge < -0.3 is 5.32 Å². The summed E-state index contributed by atoms with van der Waals surface area (Å²) in [5.41, 5.74) is 0.425. The topological polar surface area (TPSA) is 66.5 Å². The van der Waals surface area contributed by atoms with Crippen LogP contribution in [-0.2, 0) is 21.4 Å². The lowest BCUT2D eigenvalue weighted by molar-refractivity contribution is -0.119. The molecule has 0 saturated carbocycles. The van der Waals surface area contributed by atoms with Crippen LogP contribution in [0.2, 0.25) is 10.0 Å². The molecule has 0 unspecified atom stereocenters. The third-order valence-electron chi connectivity index (χ3n) is 3.37. The third-order valence-corrected chi connectivity index (χ3v) is 5.10. The summed E-state index contributed by atoms with van der Waals surface area (Å²) in [6.45, 7) is -0.556. The zero-order valence-electron chi connectivity index (χ0n) is 13.5.